The van der Waals surface area contributed by atoms with Crippen molar-refractivity contribution in [2.75, 3.05) is 0 Å². The third-order valence-corrected chi connectivity index (χ3v) is 5.06. The second-order valence-corrected chi connectivity index (χ2v) is 11.8. The smallest absolute Gasteiger partial charge is 0.0307 e. The van der Waals surface area contributed by atoms with Crippen LogP contribution in [0.5, 0.6) is 0 Å². The molecule has 41 heavy (non-hydrogen) atoms. The molecule has 218 valence electrons. The van der Waals surface area contributed by atoms with Crippen LogP contribution < -0.4 is 0 Å². The van der Waals surface area contributed by atoms with Gasteiger partial charge in [-0.2, -0.15) is 79.9 Å². The van der Waals surface area contributed by atoms with Gasteiger partial charge in [0.05, 0.1) is 0 Å². The summed E-state index contributed by atoms with van der Waals surface area (Å²) < 4.78 is 1.18. The van der Waals surface area contributed by atoms with Gasteiger partial charge in [0.2, 0.25) is 0 Å². The predicted octanol–water partition coefficient (Wildman–Crippen LogP) is 11.9. The number of hydrogen-bond acceptors (Lipinski definition) is 0. The summed E-state index contributed by atoms with van der Waals surface area (Å²) in [4.78, 5) is 0. The Morgan fingerprint density at radius 1 is 0.659 bits per heavy atom. The molecule has 5 aromatic carbocycles. The molecule has 4 heteroatoms. The largest absolute Gasteiger partial charge is 0.673 e. The normalized spacial score (nSPS) is 9.17. The van der Waals surface area contributed by atoms with E-state index in [1.165, 1.54) is 20.8 Å². The molecule has 0 heterocycles. The molecule has 0 unspecified atom stereocenters. The van der Waals surface area contributed by atoms with E-state index in [0.717, 1.165) is 26.2 Å². The van der Waals surface area contributed by atoms with Crippen molar-refractivity contribution in [2.24, 2.45) is 0 Å². The van der Waals surface area contributed by atoms with Crippen LogP contribution in [0.1, 0.15) is 43.0 Å². The average molecular weight is 703 g/mol. The zero-order valence-electron chi connectivity index (χ0n) is 25.5. The number of fused-ring (bicyclic) bond motifs is 1. The zero-order chi connectivity index (χ0) is 30.4. The molecule has 0 fully saturated rings. The van der Waals surface area contributed by atoms with Gasteiger partial charge in [0, 0.05) is 35.7 Å². The van der Waals surface area contributed by atoms with Crippen molar-refractivity contribution in [3.63, 3.8) is 0 Å². The first-order valence-electron chi connectivity index (χ1n) is 13.1. The SMILES string of the molecule is CC(C)(C)[NH-].C[Si]C.Cc1cc2c(Br)cccc2[cH-]1.[CH2-]c1ccccc1.[CH2-]c1ccccc1.[CH2-]c1ccccc1.[Zr]. The van der Waals surface area contributed by atoms with Crippen molar-refractivity contribution in [3.05, 3.63) is 175 Å². The number of rotatable bonds is 0. The third kappa shape index (κ3) is 25.1. The maximum Gasteiger partial charge on any atom is 0.0307 e. The maximum atomic E-state index is 6.94. The van der Waals surface area contributed by atoms with E-state index in [9.17, 15) is 0 Å². The van der Waals surface area contributed by atoms with Crippen LogP contribution in [0.4, 0.5) is 0 Å². The van der Waals surface area contributed by atoms with E-state index in [2.05, 4.69) is 87.1 Å². The fourth-order valence-corrected chi connectivity index (χ4v) is 3.28. The fourth-order valence-electron chi connectivity index (χ4n) is 2.78. The van der Waals surface area contributed by atoms with E-state index >= 15 is 0 Å². The Morgan fingerprint density at radius 3 is 1.22 bits per heavy atom. The fraction of sp³-hybridized carbons (Fsp3) is 0.189. The van der Waals surface area contributed by atoms with Crippen LogP contribution in [0, 0.1) is 27.7 Å². The molecule has 0 aliphatic rings. The topological polar surface area (TPSA) is 23.8 Å². The van der Waals surface area contributed by atoms with Crippen molar-refractivity contribution in [1.82, 2.24) is 0 Å². The van der Waals surface area contributed by atoms with Crippen LogP contribution in [0.2, 0.25) is 13.1 Å². The van der Waals surface area contributed by atoms with Crippen LogP contribution in [-0.4, -0.2) is 15.1 Å². The first kappa shape index (κ1) is 40.8. The first-order valence-corrected chi connectivity index (χ1v) is 15.9. The van der Waals surface area contributed by atoms with Crippen LogP contribution in [-0.2, 0) is 26.2 Å². The molecular formula is C37H45BrNSiZr-5. The molecule has 0 atom stereocenters. The van der Waals surface area contributed by atoms with Crippen LogP contribution in [0.15, 0.2) is 126 Å². The molecule has 0 aliphatic carbocycles. The number of nitrogens with one attached hydrogen (secondary N) is 1. The van der Waals surface area contributed by atoms with Crippen molar-refractivity contribution >= 4 is 36.2 Å². The summed E-state index contributed by atoms with van der Waals surface area (Å²) >= 11 is 3.51. The minimum Gasteiger partial charge on any atom is -0.673 e. The van der Waals surface area contributed by atoms with Gasteiger partial charge < -0.3 is 5.73 Å². The molecule has 0 saturated carbocycles. The molecule has 0 aromatic heterocycles. The summed E-state index contributed by atoms with van der Waals surface area (Å²) in [5, 5.41) is 2.63. The Labute approximate surface area is 281 Å². The third-order valence-electron chi connectivity index (χ3n) is 4.37. The first-order chi connectivity index (χ1) is 18.9. The summed E-state index contributed by atoms with van der Waals surface area (Å²) in [6.07, 6.45) is 0. The standard InChI is InChI=1S/C10H8Br.3C7H7.C4H10N.C2H6Si.Zr/c1-7-5-8-3-2-4-10(11)9(8)6-7;3*1-7-5-3-2-4-6-7;1-4(2,3)5;1-3-2;/h2-6H,1H3;3*2-6H,1H2;5H,1-3H3;1-2H3;/q5*-1;;. The van der Waals surface area contributed by atoms with E-state index < -0.39 is 0 Å². The molecule has 1 N–H and O–H groups in total. The molecule has 1 nitrogen and oxygen atoms in total. The Hall–Kier alpha value is -2.36. The Balaban J connectivity index is 0. The maximum absolute atomic E-state index is 6.94. The Kier molecular flexibility index (Phi) is 24.1. The molecular weight excluding hydrogens is 658 g/mol. The minimum absolute atomic E-state index is 0. The summed E-state index contributed by atoms with van der Waals surface area (Å²) in [5.41, 5.74) is 11.2. The number of halogens is 1. The van der Waals surface area contributed by atoms with E-state index in [1.807, 2.05) is 112 Å². The van der Waals surface area contributed by atoms with E-state index in [0.29, 0.717) is 0 Å². The van der Waals surface area contributed by atoms with Crippen molar-refractivity contribution in [3.8, 4) is 0 Å². The zero-order valence-corrected chi connectivity index (χ0v) is 30.6. The molecule has 0 amide bonds. The molecule has 0 aliphatic heterocycles. The summed E-state index contributed by atoms with van der Waals surface area (Å²) in [5.74, 6) is 0. The van der Waals surface area contributed by atoms with E-state index in [4.69, 9.17) is 5.73 Å². The van der Waals surface area contributed by atoms with Crippen LogP contribution in [0.3, 0.4) is 0 Å². The minimum atomic E-state index is -0.250. The number of hydrogen-bond donors (Lipinski definition) is 0. The second kappa shape index (κ2) is 24.3. The van der Waals surface area contributed by atoms with E-state index in [-0.39, 0.29) is 31.7 Å². The van der Waals surface area contributed by atoms with Crippen molar-refractivity contribution < 1.29 is 26.2 Å². The van der Waals surface area contributed by atoms with Gasteiger partial charge in [0.1, 0.15) is 0 Å². The van der Waals surface area contributed by atoms with E-state index in [1.54, 1.807) is 0 Å². The van der Waals surface area contributed by atoms with Gasteiger partial charge in [-0.05, 0) is 4.47 Å². The van der Waals surface area contributed by atoms with Gasteiger partial charge in [0.25, 0.3) is 0 Å². The number of benzene rings is 4. The summed E-state index contributed by atoms with van der Waals surface area (Å²) in [6, 6.07) is 40.3. The molecule has 0 saturated heterocycles. The van der Waals surface area contributed by atoms with Gasteiger partial charge in [0.15, 0.2) is 0 Å². The van der Waals surface area contributed by atoms with Crippen molar-refractivity contribution in [1.29, 1.82) is 0 Å². The van der Waals surface area contributed by atoms with Gasteiger partial charge >= 0.3 is 0 Å². The Bertz CT molecular complexity index is 1170. The predicted molar refractivity (Wildman–Crippen MR) is 186 cm³/mol. The average Bonchev–Trinajstić information content (AvgIpc) is 3.28. The number of aryl methyl sites for hydroxylation is 1. The molecule has 5 aromatic rings. The summed E-state index contributed by atoms with van der Waals surface area (Å²) in [6.45, 7) is 23.1. The van der Waals surface area contributed by atoms with Gasteiger partial charge in [-0.1, -0.05) is 81.0 Å². The quantitative estimate of drug-likeness (QED) is 0.113. The van der Waals surface area contributed by atoms with Crippen LogP contribution in [0.25, 0.3) is 16.5 Å². The molecule has 0 bridgehead atoms. The second-order valence-electron chi connectivity index (χ2n) is 9.98. The van der Waals surface area contributed by atoms with Crippen molar-refractivity contribution in [2.45, 2.75) is 46.3 Å². The monoisotopic (exact) mass is 700 g/mol. The van der Waals surface area contributed by atoms with Gasteiger partial charge in [-0.25, -0.2) is 0 Å². The molecule has 2 radical (unpaired) electrons. The molecule has 5 rings (SSSR count). The molecule has 0 spiro atoms. The summed E-state index contributed by atoms with van der Waals surface area (Å²) in [7, 11) is 1.08. The van der Waals surface area contributed by atoms with Crippen LogP contribution >= 0.6 is 15.9 Å². The van der Waals surface area contributed by atoms with Gasteiger partial charge in [-0.15, -0.1) is 76.5 Å². The Morgan fingerprint density at radius 2 is 0.976 bits per heavy atom. The van der Waals surface area contributed by atoms with Gasteiger partial charge in [-0.3, -0.25) is 0 Å².